The van der Waals surface area contributed by atoms with Crippen LogP contribution in [0.25, 0.3) is 0 Å². The summed E-state index contributed by atoms with van der Waals surface area (Å²) in [5.41, 5.74) is -0.633. The lowest BCUT2D eigenvalue weighted by Crippen LogP contribution is -2.43. The summed E-state index contributed by atoms with van der Waals surface area (Å²) in [4.78, 5) is 24.0. The van der Waals surface area contributed by atoms with Crippen LogP contribution in [0, 0.1) is 5.92 Å². The fourth-order valence-corrected chi connectivity index (χ4v) is 2.27. The average Bonchev–Trinajstić information content (AvgIpc) is 3.08. The maximum atomic E-state index is 12.3. The molecule has 0 aliphatic heterocycles. The van der Waals surface area contributed by atoms with Crippen molar-refractivity contribution in [1.29, 1.82) is 0 Å². The number of ether oxygens (including phenoxy) is 1. The Hall–Kier alpha value is -1.78. The number of amides is 1. The highest BCUT2D eigenvalue weighted by molar-refractivity contribution is 5.70. The van der Waals surface area contributed by atoms with E-state index in [1.54, 1.807) is 16.8 Å². The van der Waals surface area contributed by atoms with Crippen molar-refractivity contribution < 1.29 is 9.53 Å². The Labute approximate surface area is 118 Å². The monoisotopic (exact) mass is 278 g/mol. The summed E-state index contributed by atoms with van der Waals surface area (Å²) < 4.78 is 6.80. The zero-order chi connectivity index (χ0) is 14.9. The smallest absolute Gasteiger partial charge is 0.404 e. The summed E-state index contributed by atoms with van der Waals surface area (Å²) in [7, 11) is 0. The third kappa shape index (κ3) is 3.40. The van der Waals surface area contributed by atoms with Crippen LogP contribution in [0.5, 0.6) is 5.75 Å². The SMILES string of the molecule is CCC1CC1n1cccc(OC(=O)NC(C)(C)C)c1=O. The predicted octanol–water partition coefficient (Wildman–Crippen LogP) is 2.71. The van der Waals surface area contributed by atoms with E-state index in [2.05, 4.69) is 12.2 Å². The molecule has 0 saturated heterocycles. The number of nitrogens with one attached hydrogen (secondary N) is 1. The molecule has 1 aromatic heterocycles. The van der Waals surface area contributed by atoms with E-state index in [-0.39, 0.29) is 17.4 Å². The maximum absolute atomic E-state index is 12.3. The number of nitrogens with zero attached hydrogens (tertiary/aromatic N) is 1. The van der Waals surface area contributed by atoms with E-state index >= 15 is 0 Å². The Balaban J connectivity index is 2.12. The number of pyridine rings is 1. The first kappa shape index (κ1) is 14.6. The van der Waals surface area contributed by atoms with Gasteiger partial charge >= 0.3 is 6.09 Å². The normalized spacial score (nSPS) is 21.4. The van der Waals surface area contributed by atoms with Crippen molar-refractivity contribution in [2.24, 2.45) is 5.92 Å². The number of carbonyl (C=O) groups is 1. The third-order valence-electron chi connectivity index (χ3n) is 3.39. The van der Waals surface area contributed by atoms with Gasteiger partial charge in [0.25, 0.3) is 5.56 Å². The number of aromatic nitrogens is 1. The zero-order valence-electron chi connectivity index (χ0n) is 12.5. The average molecular weight is 278 g/mol. The second-order valence-electron chi connectivity index (χ2n) is 6.32. The third-order valence-corrected chi connectivity index (χ3v) is 3.39. The minimum Gasteiger partial charge on any atom is -0.404 e. The van der Waals surface area contributed by atoms with E-state index in [1.165, 1.54) is 6.07 Å². The first-order chi connectivity index (χ1) is 9.31. The minimum atomic E-state index is -0.602. The Morgan fingerprint density at radius 3 is 2.75 bits per heavy atom. The van der Waals surface area contributed by atoms with Gasteiger partial charge in [0, 0.05) is 17.8 Å². The molecule has 1 N–H and O–H groups in total. The van der Waals surface area contributed by atoms with Gasteiger partial charge in [-0.15, -0.1) is 0 Å². The van der Waals surface area contributed by atoms with Crippen LogP contribution in [0.15, 0.2) is 23.1 Å². The minimum absolute atomic E-state index is 0.0796. The predicted molar refractivity (Wildman–Crippen MR) is 77.0 cm³/mol. The standard InChI is InChI=1S/C15H22N2O3/c1-5-10-9-11(10)17-8-6-7-12(13(17)18)20-14(19)16-15(2,3)4/h6-8,10-11H,5,9H2,1-4H3,(H,16,19). The van der Waals surface area contributed by atoms with Crippen LogP contribution < -0.4 is 15.6 Å². The van der Waals surface area contributed by atoms with Gasteiger partial charge < -0.3 is 14.6 Å². The first-order valence-electron chi connectivity index (χ1n) is 7.03. The van der Waals surface area contributed by atoms with Gasteiger partial charge in [-0.05, 0) is 45.2 Å². The van der Waals surface area contributed by atoms with Crippen LogP contribution in [0.2, 0.25) is 0 Å². The Kier molecular flexibility index (Phi) is 3.88. The largest absolute Gasteiger partial charge is 0.413 e. The Morgan fingerprint density at radius 1 is 1.50 bits per heavy atom. The molecule has 2 unspecified atom stereocenters. The van der Waals surface area contributed by atoms with Crippen LogP contribution in [0.3, 0.4) is 0 Å². The number of hydrogen-bond donors (Lipinski definition) is 1. The number of rotatable bonds is 3. The van der Waals surface area contributed by atoms with Crippen molar-refractivity contribution in [1.82, 2.24) is 9.88 Å². The van der Waals surface area contributed by atoms with Crippen LogP contribution >= 0.6 is 0 Å². The van der Waals surface area contributed by atoms with Crippen molar-refractivity contribution in [2.45, 2.75) is 52.1 Å². The molecule has 2 rings (SSSR count). The van der Waals surface area contributed by atoms with E-state index < -0.39 is 11.6 Å². The van der Waals surface area contributed by atoms with Gasteiger partial charge in [-0.25, -0.2) is 4.79 Å². The molecule has 0 bridgehead atoms. The maximum Gasteiger partial charge on any atom is 0.413 e. The van der Waals surface area contributed by atoms with Gasteiger partial charge in [-0.3, -0.25) is 4.79 Å². The summed E-state index contributed by atoms with van der Waals surface area (Å²) in [6, 6.07) is 3.53. The molecule has 1 fully saturated rings. The fourth-order valence-electron chi connectivity index (χ4n) is 2.27. The van der Waals surface area contributed by atoms with Crippen LogP contribution in [0.1, 0.15) is 46.6 Å². The molecule has 0 spiro atoms. The molecule has 1 aliphatic rings. The van der Waals surface area contributed by atoms with E-state index in [0.29, 0.717) is 5.92 Å². The Morgan fingerprint density at radius 2 is 2.20 bits per heavy atom. The molecule has 2 atom stereocenters. The fraction of sp³-hybridized carbons (Fsp3) is 0.600. The number of carbonyl (C=O) groups excluding carboxylic acids is 1. The van der Waals surface area contributed by atoms with Crippen LogP contribution in [-0.2, 0) is 0 Å². The molecule has 5 nitrogen and oxygen atoms in total. The highest BCUT2D eigenvalue weighted by atomic mass is 16.6. The van der Waals surface area contributed by atoms with Crippen molar-refractivity contribution in [3.63, 3.8) is 0 Å². The molecule has 1 aromatic rings. The number of hydrogen-bond acceptors (Lipinski definition) is 3. The van der Waals surface area contributed by atoms with Crippen LogP contribution in [-0.4, -0.2) is 16.2 Å². The molecule has 110 valence electrons. The van der Waals surface area contributed by atoms with Gasteiger partial charge in [0.2, 0.25) is 0 Å². The molecular formula is C15H22N2O3. The van der Waals surface area contributed by atoms with Crippen LogP contribution in [0.4, 0.5) is 4.79 Å². The second kappa shape index (κ2) is 5.31. The molecule has 5 heteroatoms. The summed E-state index contributed by atoms with van der Waals surface area (Å²) in [6.07, 6.45) is 3.24. The van der Waals surface area contributed by atoms with Crippen molar-refractivity contribution >= 4 is 6.09 Å². The molecular weight excluding hydrogens is 256 g/mol. The van der Waals surface area contributed by atoms with Crippen molar-refractivity contribution in [3.05, 3.63) is 28.7 Å². The second-order valence-corrected chi connectivity index (χ2v) is 6.32. The molecule has 20 heavy (non-hydrogen) atoms. The summed E-state index contributed by atoms with van der Waals surface area (Å²) >= 11 is 0. The highest BCUT2D eigenvalue weighted by Gasteiger charge is 2.37. The lowest BCUT2D eigenvalue weighted by molar-refractivity contribution is 0.189. The zero-order valence-corrected chi connectivity index (χ0v) is 12.5. The molecule has 1 saturated carbocycles. The van der Waals surface area contributed by atoms with Gasteiger partial charge in [-0.1, -0.05) is 13.3 Å². The van der Waals surface area contributed by atoms with Gasteiger partial charge in [-0.2, -0.15) is 0 Å². The molecule has 1 heterocycles. The van der Waals surface area contributed by atoms with E-state index in [4.69, 9.17) is 4.74 Å². The van der Waals surface area contributed by atoms with Crippen molar-refractivity contribution in [2.75, 3.05) is 0 Å². The van der Waals surface area contributed by atoms with Gasteiger partial charge in [0.1, 0.15) is 0 Å². The highest BCUT2D eigenvalue weighted by Crippen LogP contribution is 2.44. The summed E-state index contributed by atoms with van der Waals surface area (Å²) in [6.45, 7) is 7.68. The summed E-state index contributed by atoms with van der Waals surface area (Å²) in [5.74, 6) is 0.641. The van der Waals surface area contributed by atoms with E-state index in [1.807, 2.05) is 20.8 Å². The molecule has 0 radical (unpaired) electrons. The van der Waals surface area contributed by atoms with Crippen molar-refractivity contribution in [3.8, 4) is 5.75 Å². The van der Waals surface area contributed by atoms with E-state index in [0.717, 1.165) is 12.8 Å². The van der Waals surface area contributed by atoms with Gasteiger partial charge in [0.05, 0.1) is 0 Å². The first-order valence-corrected chi connectivity index (χ1v) is 7.03. The Bertz CT molecular complexity index is 557. The lowest BCUT2D eigenvalue weighted by Gasteiger charge is -2.19. The van der Waals surface area contributed by atoms with E-state index in [9.17, 15) is 9.59 Å². The lowest BCUT2D eigenvalue weighted by atomic mass is 10.1. The summed E-state index contributed by atoms with van der Waals surface area (Å²) in [5, 5.41) is 2.67. The topological polar surface area (TPSA) is 60.3 Å². The quantitative estimate of drug-likeness (QED) is 0.924. The molecule has 0 aromatic carbocycles. The van der Waals surface area contributed by atoms with Gasteiger partial charge in [0.15, 0.2) is 5.75 Å². The molecule has 1 amide bonds. The molecule has 1 aliphatic carbocycles.